The summed E-state index contributed by atoms with van der Waals surface area (Å²) in [4.78, 5) is 2.21. The Bertz CT molecular complexity index is 569. The molecule has 0 spiro atoms. The molecule has 1 unspecified atom stereocenters. The average molecular weight is 262 g/mol. The van der Waals surface area contributed by atoms with Crippen LogP contribution in [0.25, 0.3) is 11.0 Å². The van der Waals surface area contributed by atoms with Crippen molar-refractivity contribution < 1.29 is 9.74 Å². The van der Waals surface area contributed by atoms with Crippen LogP contribution in [-0.2, 0) is 0 Å². The van der Waals surface area contributed by atoms with Gasteiger partial charge in [-0.3, -0.25) is 0 Å². The first-order valence-electron chi connectivity index (χ1n) is 6.69. The highest BCUT2D eigenvalue weighted by Crippen LogP contribution is 2.31. The van der Waals surface area contributed by atoms with Gasteiger partial charge in [-0.2, -0.15) is 0 Å². The lowest BCUT2D eigenvalue weighted by molar-refractivity contribution is 0.255. The molecule has 19 heavy (non-hydrogen) atoms. The van der Waals surface area contributed by atoms with Crippen molar-refractivity contribution in [3.8, 4) is 0 Å². The molecule has 102 valence electrons. The van der Waals surface area contributed by atoms with Crippen molar-refractivity contribution in [1.82, 2.24) is 10.3 Å². The third-order valence-electron chi connectivity index (χ3n) is 3.82. The van der Waals surface area contributed by atoms with Crippen LogP contribution in [0.15, 0.2) is 16.8 Å². The lowest BCUT2D eigenvalue weighted by Crippen LogP contribution is -2.37. The molecule has 0 aliphatic carbocycles. The van der Waals surface area contributed by atoms with E-state index < -0.39 is 0 Å². The molecule has 3 rings (SSSR count). The Hall–Kier alpha value is -1.82. The number of fused-ring (bicyclic) bond motifs is 1. The monoisotopic (exact) mass is 262 g/mol. The highest BCUT2D eigenvalue weighted by molar-refractivity contribution is 5.95. The molecule has 6 nitrogen and oxygen atoms in total. The second-order valence-corrected chi connectivity index (χ2v) is 5.01. The van der Waals surface area contributed by atoms with E-state index in [1.54, 1.807) is 0 Å². The zero-order chi connectivity index (χ0) is 13.2. The molecule has 0 radical (unpaired) electrons. The smallest absolute Gasteiger partial charge is 0.160 e. The molecule has 2 heterocycles. The maximum absolute atomic E-state index is 9.60. The molecule has 3 N–H and O–H groups in total. The summed E-state index contributed by atoms with van der Waals surface area (Å²) in [5, 5.41) is 17.4. The number of aromatic nitrogens is 2. The second-order valence-electron chi connectivity index (χ2n) is 5.01. The van der Waals surface area contributed by atoms with Gasteiger partial charge in [0.1, 0.15) is 0 Å². The van der Waals surface area contributed by atoms with Gasteiger partial charge in [-0.15, -0.1) is 0 Å². The Morgan fingerprint density at radius 1 is 1.26 bits per heavy atom. The fraction of sp³-hybridized carbons (Fsp3) is 0.538. The Labute approximate surface area is 111 Å². The van der Waals surface area contributed by atoms with Crippen molar-refractivity contribution in [1.29, 1.82) is 0 Å². The minimum Gasteiger partial charge on any atom is -0.397 e. The zero-order valence-electron chi connectivity index (χ0n) is 10.7. The van der Waals surface area contributed by atoms with Gasteiger partial charge in [-0.05, 0) is 35.3 Å². The van der Waals surface area contributed by atoms with Crippen LogP contribution in [0.2, 0.25) is 0 Å². The molecule has 1 aromatic carbocycles. The molecular formula is C13H18N4O2. The summed E-state index contributed by atoms with van der Waals surface area (Å²) < 4.78 is 4.81. The van der Waals surface area contributed by atoms with E-state index in [1.165, 1.54) is 6.42 Å². The first-order valence-corrected chi connectivity index (χ1v) is 6.69. The molecule has 1 aromatic heterocycles. The van der Waals surface area contributed by atoms with E-state index in [0.717, 1.165) is 31.5 Å². The Morgan fingerprint density at radius 3 is 2.95 bits per heavy atom. The van der Waals surface area contributed by atoms with Gasteiger partial charge in [-0.25, -0.2) is 4.63 Å². The molecule has 6 heteroatoms. The maximum Gasteiger partial charge on any atom is 0.160 e. The Morgan fingerprint density at radius 2 is 2.11 bits per heavy atom. The number of nitrogen functional groups attached to an aromatic ring is 1. The van der Waals surface area contributed by atoms with Crippen molar-refractivity contribution >= 4 is 22.4 Å². The average Bonchev–Trinajstić information content (AvgIpc) is 2.80. The van der Waals surface area contributed by atoms with E-state index in [1.807, 2.05) is 12.1 Å². The minimum absolute atomic E-state index is 0.131. The molecule has 1 aliphatic rings. The van der Waals surface area contributed by atoms with Gasteiger partial charge < -0.3 is 15.7 Å². The summed E-state index contributed by atoms with van der Waals surface area (Å²) >= 11 is 0. The topological polar surface area (TPSA) is 88.4 Å². The zero-order valence-corrected chi connectivity index (χ0v) is 10.7. The largest absolute Gasteiger partial charge is 0.397 e. The summed E-state index contributed by atoms with van der Waals surface area (Å²) in [6, 6.07) is 3.89. The van der Waals surface area contributed by atoms with E-state index >= 15 is 0 Å². The van der Waals surface area contributed by atoms with Crippen LogP contribution < -0.4 is 10.6 Å². The lowest BCUT2D eigenvalue weighted by Gasteiger charge is -2.30. The van der Waals surface area contributed by atoms with E-state index in [0.29, 0.717) is 16.7 Å². The number of rotatable bonds is 2. The maximum atomic E-state index is 9.60. The number of aliphatic hydroxyl groups is 1. The van der Waals surface area contributed by atoms with E-state index in [-0.39, 0.29) is 12.6 Å². The van der Waals surface area contributed by atoms with E-state index in [2.05, 4.69) is 15.2 Å². The Kier molecular flexibility index (Phi) is 3.25. The summed E-state index contributed by atoms with van der Waals surface area (Å²) in [5.74, 6) is 0. The molecule has 1 fully saturated rings. The SMILES string of the molecule is Nc1ccc(N2CCCCCC2CO)c2nonc12. The van der Waals surface area contributed by atoms with Crippen molar-refractivity contribution in [2.75, 3.05) is 23.8 Å². The molecular weight excluding hydrogens is 244 g/mol. The number of hydrogen-bond acceptors (Lipinski definition) is 6. The molecule has 1 aliphatic heterocycles. The first-order chi connectivity index (χ1) is 9.31. The number of anilines is 2. The second kappa shape index (κ2) is 5.05. The van der Waals surface area contributed by atoms with Gasteiger partial charge in [0, 0.05) is 6.54 Å². The summed E-state index contributed by atoms with van der Waals surface area (Å²) in [6.45, 7) is 1.06. The predicted molar refractivity (Wildman–Crippen MR) is 72.9 cm³/mol. The molecule has 0 saturated carbocycles. The van der Waals surface area contributed by atoms with Crippen LogP contribution in [-0.4, -0.2) is 34.6 Å². The van der Waals surface area contributed by atoms with Gasteiger partial charge in [0.05, 0.1) is 24.0 Å². The highest BCUT2D eigenvalue weighted by atomic mass is 16.6. The van der Waals surface area contributed by atoms with E-state index in [9.17, 15) is 5.11 Å². The molecule has 2 aromatic rings. The number of nitrogens with two attached hydrogens (primary N) is 1. The van der Waals surface area contributed by atoms with Crippen molar-refractivity contribution in [2.24, 2.45) is 0 Å². The van der Waals surface area contributed by atoms with Crippen LogP contribution in [0, 0.1) is 0 Å². The van der Waals surface area contributed by atoms with Crippen molar-refractivity contribution in [3.05, 3.63) is 12.1 Å². The minimum atomic E-state index is 0.131. The van der Waals surface area contributed by atoms with Gasteiger partial charge in [0.25, 0.3) is 0 Å². The van der Waals surface area contributed by atoms with Crippen LogP contribution in [0.4, 0.5) is 11.4 Å². The van der Waals surface area contributed by atoms with Crippen LogP contribution in [0.5, 0.6) is 0 Å². The summed E-state index contributed by atoms with van der Waals surface area (Å²) in [7, 11) is 0. The Balaban J connectivity index is 2.06. The third kappa shape index (κ3) is 2.12. The van der Waals surface area contributed by atoms with Crippen LogP contribution in [0.1, 0.15) is 25.7 Å². The highest BCUT2D eigenvalue weighted by Gasteiger charge is 2.24. The van der Waals surface area contributed by atoms with Crippen molar-refractivity contribution in [2.45, 2.75) is 31.7 Å². The summed E-state index contributed by atoms with van der Waals surface area (Å²) in [5.41, 5.74) is 8.66. The normalized spacial score (nSPS) is 20.7. The number of benzene rings is 1. The van der Waals surface area contributed by atoms with Gasteiger partial charge in [0.15, 0.2) is 11.0 Å². The number of aliphatic hydroxyl groups excluding tert-OH is 1. The standard InChI is InChI=1S/C13H18N4O2/c14-10-5-6-11(13-12(10)15-19-16-13)17-7-3-1-2-4-9(17)8-18/h5-6,9,18H,1-4,7-8,14H2. The number of nitrogens with zero attached hydrogens (tertiary/aromatic N) is 3. The predicted octanol–water partition coefficient (Wildman–Crippen LogP) is 1.55. The van der Waals surface area contributed by atoms with Crippen LogP contribution in [0.3, 0.4) is 0 Å². The molecule has 0 amide bonds. The summed E-state index contributed by atoms with van der Waals surface area (Å²) in [6.07, 6.45) is 4.46. The van der Waals surface area contributed by atoms with Crippen LogP contribution >= 0.6 is 0 Å². The van der Waals surface area contributed by atoms with E-state index in [4.69, 9.17) is 10.4 Å². The van der Waals surface area contributed by atoms with Gasteiger partial charge in [0.2, 0.25) is 0 Å². The fourth-order valence-corrected chi connectivity index (χ4v) is 2.79. The quantitative estimate of drug-likeness (QED) is 0.798. The fourth-order valence-electron chi connectivity index (χ4n) is 2.79. The number of hydrogen-bond donors (Lipinski definition) is 2. The van der Waals surface area contributed by atoms with Gasteiger partial charge in [-0.1, -0.05) is 12.8 Å². The third-order valence-corrected chi connectivity index (χ3v) is 3.82. The first kappa shape index (κ1) is 12.2. The lowest BCUT2D eigenvalue weighted by atomic mass is 10.1. The molecule has 1 atom stereocenters. The molecule has 0 bridgehead atoms. The molecule has 1 saturated heterocycles. The van der Waals surface area contributed by atoms with Gasteiger partial charge >= 0.3 is 0 Å². The van der Waals surface area contributed by atoms with Crippen molar-refractivity contribution in [3.63, 3.8) is 0 Å².